The average molecular weight is 238 g/mol. The number of nitrogens with two attached hydrogens (primary N) is 1. The van der Waals surface area contributed by atoms with E-state index in [9.17, 15) is 0 Å². The molecular formula is C13H22N2S. The van der Waals surface area contributed by atoms with E-state index in [0.717, 1.165) is 18.7 Å². The van der Waals surface area contributed by atoms with Crippen LogP contribution in [-0.2, 0) is 6.42 Å². The number of anilines is 1. The largest absolute Gasteiger partial charge is 0.399 e. The van der Waals surface area contributed by atoms with Crippen molar-refractivity contribution in [2.24, 2.45) is 0 Å². The predicted octanol–water partition coefficient (Wildman–Crippen LogP) is 2.49. The highest BCUT2D eigenvalue weighted by molar-refractivity contribution is 7.98. The number of nitrogens with zero attached hydrogens (tertiary/aromatic N) is 1. The van der Waals surface area contributed by atoms with Gasteiger partial charge in [0.05, 0.1) is 0 Å². The molecule has 0 aliphatic heterocycles. The predicted molar refractivity (Wildman–Crippen MR) is 75.0 cm³/mol. The molecule has 2 N–H and O–H groups in total. The summed E-state index contributed by atoms with van der Waals surface area (Å²) in [6.07, 6.45) is 3.18. The van der Waals surface area contributed by atoms with Crippen molar-refractivity contribution >= 4 is 17.4 Å². The average Bonchev–Trinajstić information content (AvgIpc) is 2.28. The van der Waals surface area contributed by atoms with E-state index in [2.05, 4.69) is 37.3 Å². The minimum atomic E-state index is 0.625. The summed E-state index contributed by atoms with van der Waals surface area (Å²) >= 11 is 1.90. The molecular weight excluding hydrogens is 216 g/mol. The fourth-order valence-electron chi connectivity index (χ4n) is 1.65. The molecule has 0 aliphatic rings. The molecule has 2 nitrogen and oxygen atoms in total. The third-order valence-corrected chi connectivity index (χ3v) is 3.76. The first-order valence-electron chi connectivity index (χ1n) is 5.67. The number of para-hydroxylation sites is 1. The first-order valence-corrected chi connectivity index (χ1v) is 7.07. The lowest BCUT2D eigenvalue weighted by atomic mass is 10.1. The lowest BCUT2D eigenvalue weighted by Gasteiger charge is -2.24. The maximum atomic E-state index is 5.92. The molecule has 0 radical (unpaired) electrons. The van der Waals surface area contributed by atoms with Crippen LogP contribution < -0.4 is 5.73 Å². The summed E-state index contributed by atoms with van der Waals surface area (Å²) in [5, 5.41) is 0. The van der Waals surface area contributed by atoms with Crippen molar-refractivity contribution in [1.82, 2.24) is 4.90 Å². The fraction of sp³-hybridized carbons (Fsp3) is 0.538. The Morgan fingerprint density at radius 3 is 2.69 bits per heavy atom. The van der Waals surface area contributed by atoms with E-state index in [-0.39, 0.29) is 0 Å². The van der Waals surface area contributed by atoms with Gasteiger partial charge >= 0.3 is 0 Å². The van der Waals surface area contributed by atoms with Crippen molar-refractivity contribution in [1.29, 1.82) is 0 Å². The highest BCUT2D eigenvalue weighted by atomic mass is 32.2. The summed E-state index contributed by atoms with van der Waals surface area (Å²) in [7, 11) is 2.18. The maximum absolute atomic E-state index is 5.92. The number of hydrogen-bond donors (Lipinski definition) is 1. The molecule has 16 heavy (non-hydrogen) atoms. The second kappa shape index (κ2) is 6.81. The molecule has 1 aromatic rings. The van der Waals surface area contributed by atoms with E-state index >= 15 is 0 Å². The molecule has 0 saturated heterocycles. The van der Waals surface area contributed by atoms with E-state index in [0.29, 0.717) is 6.04 Å². The van der Waals surface area contributed by atoms with Gasteiger partial charge in [-0.05, 0) is 38.3 Å². The highest BCUT2D eigenvalue weighted by Crippen LogP contribution is 2.12. The van der Waals surface area contributed by atoms with Gasteiger partial charge in [-0.25, -0.2) is 0 Å². The summed E-state index contributed by atoms with van der Waals surface area (Å²) < 4.78 is 0. The van der Waals surface area contributed by atoms with Crippen LogP contribution in [0.5, 0.6) is 0 Å². The first-order chi connectivity index (χ1) is 7.65. The van der Waals surface area contributed by atoms with Crippen LogP contribution in [0.2, 0.25) is 0 Å². The lowest BCUT2D eigenvalue weighted by molar-refractivity contribution is 0.281. The Bertz CT molecular complexity index is 315. The molecule has 0 fully saturated rings. The lowest BCUT2D eigenvalue weighted by Crippen LogP contribution is -2.32. The summed E-state index contributed by atoms with van der Waals surface area (Å²) in [5.74, 6) is 1.18. The molecule has 0 amide bonds. The molecule has 3 heteroatoms. The zero-order valence-electron chi connectivity index (χ0n) is 10.4. The van der Waals surface area contributed by atoms with Gasteiger partial charge in [0.2, 0.25) is 0 Å². The zero-order valence-corrected chi connectivity index (χ0v) is 11.3. The van der Waals surface area contributed by atoms with Gasteiger partial charge < -0.3 is 10.6 Å². The van der Waals surface area contributed by atoms with E-state index in [4.69, 9.17) is 5.73 Å². The van der Waals surface area contributed by atoms with Crippen LogP contribution in [0, 0.1) is 0 Å². The van der Waals surface area contributed by atoms with Crippen LogP contribution in [-0.4, -0.2) is 36.5 Å². The van der Waals surface area contributed by atoms with Gasteiger partial charge in [-0.15, -0.1) is 0 Å². The summed E-state index contributed by atoms with van der Waals surface area (Å²) in [6.45, 7) is 3.33. The number of nitrogen functional groups attached to an aromatic ring is 1. The first kappa shape index (κ1) is 13.4. The van der Waals surface area contributed by atoms with E-state index in [1.165, 1.54) is 11.3 Å². The minimum Gasteiger partial charge on any atom is -0.399 e. The second-order valence-electron chi connectivity index (χ2n) is 4.23. The quantitative estimate of drug-likeness (QED) is 0.772. The molecule has 0 heterocycles. The Morgan fingerprint density at radius 1 is 1.38 bits per heavy atom. The third kappa shape index (κ3) is 4.06. The highest BCUT2D eigenvalue weighted by Gasteiger charge is 2.08. The Balaban J connectivity index is 2.42. The van der Waals surface area contributed by atoms with Gasteiger partial charge in [-0.3, -0.25) is 0 Å². The van der Waals surface area contributed by atoms with Crippen molar-refractivity contribution in [2.75, 3.05) is 31.3 Å². The molecule has 1 aromatic carbocycles. The summed E-state index contributed by atoms with van der Waals surface area (Å²) in [6, 6.07) is 8.75. The second-order valence-corrected chi connectivity index (χ2v) is 5.14. The molecule has 0 aliphatic carbocycles. The number of thioether (sulfide) groups is 1. The van der Waals surface area contributed by atoms with E-state index in [1.807, 2.05) is 23.9 Å². The SMILES string of the molecule is CSCC(C)N(C)CCc1ccccc1N. The van der Waals surface area contributed by atoms with Crippen LogP contribution in [0.3, 0.4) is 0 Å². The van der Waals surface area contributed by atoms with E-state index < -0.39 is 0 Å². The van der Waals surface area contributed by atoms with Crippen molar-refractivity contribution in [3.05, 3.63) is 29.8 Å². The number of rotatable bonds is 6. The van der Waals surface area contributed by atoms with Crippen LogP contribution in [0.15, 0.2) is 24.3 Å². The number of likely N-dealkylation sites (N-methyl/N-ethyl adjacent to an activating group) is 1. The standard InChI is InChI=1S/C13H22N2S/c1-11(10-16-3)15(2)9-8-12-6-4-5-7-13(12)14/h4-7,11H,8-10,14H2,1-3H3. The van der Waals surface area contributed by atoms with Gasteiger partial charge in [-0.1, -0.05) is 18.2 Å². The molecule has 1 atom stereocenters. The van der Waals surface area contributed by atoms with Crippen LogP contribution in [0.4, 0.5) is 5.69 Å². The van der Waals surface area contributed by atoms with Gasteiger partial charge in [0.1, 0.15) is 0 Å². The summed E-state index contributed by atoms with van der Waals surface area (Å²) in [4.78, 5) is 2.39. The van der Waals surface area contributed by atoms with Crippen molar-refractivity contribution in [3.8, 4) is 0 Å². The summed E-state index contributed by atoms with van der Waals surface area (Å²) in [5.41, 5.74) is 8.08. The van der Waals surface area contributed by atoms with Gasteiger partial charge in [-0.2, -0.15) is 11.8 Å². The Morgan fingerprint density at radius 2 is 2.06 bits per heavy atom. The van der Waals surface area contributed by atoms with E-state index in [1.54, 1.807) is 0 Å². The van der Waals surface area contributed by atoms with Gasteiger partial charge in [0, 0.05) is 24.0 Å². The molecule has 0 aromatic heterocycles. The number of benzene rings is 1. The molecule has 1 rings (SSSR count). The smallest absolute Gasteiger partial charge is 0.0347 e. The topological polar surface area (TPSA) is 29.3 Å². The van der Waals surface area contributed by atoms with Crippen LogP contribution in [0.1, 0.15) is 12.5 Å². The Kier molecular flexibility index (Phi) is 5.71. The van der Waals surface area contributed by atoms with Crippen LogP contribution in [0.25, 0.3) is 0 Å². The van der Waals surface area contributed by atoms with Gasteiger partial charge in [0.15, 0.2) is 0 Å². The van der Waals surface area contributed by atoms with Gasteiger partial charge in [0.25, 0.3) is 0 Å². The fourth-order valence-corrected chi connectivity index (χ4v) is 2.38. The van der Waals surface area contributed by atoms with Crippen molar-refractivity contribution in [2.45, 2.75) is 19.4 Å². The Hall–Kier alpha value is -0.670. The molecule has 1 unspecified atom stereocenters. The monoisotopic (exact) mass is 238 g/mol. The molecule has 0 saturated carbocycles. The minimum absolute atomic E-state index is 0.625. The molecule has 0 bridgehead atoms. The molecule has 0 spiro atoms. The van der Waals surface area contributed by atoms with Crippen molar-refractivity contribution < 1.29 is 0 Å². The Labute approximate surface area is 103 Å². The van der Waals surface area contributed by atoms with Crippen molar-refractivity contribution in [3.63, 3.8) is 0 Å². The normalized spacial score (nSPS) is 13.0. The third-order valence-electron chi connectivity index (χ3n) is 2.95. The van der Waals surface area contributed by atoms with Crippen LogP contribution >= 0.6 is 11.8 Å². The zero-order chi connectivity index (χ0) is 12.0. The maximum Gasteiger partial charge on any atom is 0.0347 e. The molecule has 90 valence electrons. The number of hydrogen-bond acceptors (Lipinski definition) is 3.